The molecule has 0 unspecified atom stereocenters. The highest BCUT2D eigenvalue weighted by molar-refractivity contribution is 14.1. The monoisotopic (exact) mass is 486 g/mol. The van der Waals surface area contributed by atoms with Crippen molar-refractivity contribution >= 4 is 22.6 Å². The molecule has 0 heterocycles. The number of halogens is 1. The van der Waals surface area contributed by atoms with Crippen molar-refractivity contribution in [2.45, 2.75) is 84.7 Å². The highest BCUT2D eigenvalue weighted by atomic mass is 127. The predicted octanol–water partition coefficient (Wildman–Crippen LogP) is 6.33. The second kappa shape index (κ2) is 13.3. The van der Waals surface area contributed by atoms with E-state index in [9.17, 15) is 5.11 Å². The summed E-state index contributed by atoms with van der Waals surface area (Å²) in [6.07, 6.45) is 9.38. The second-order valence-electron chi connectivity index (χ2n) is 7.41. The number of hydrogen-bond donors (Lipinski definition) is 1. The molecule has 4 heteroatoms. The average molecular weight is 486 g/mol. The maximum atomic E-state index is 9.94. The van der Waals surface area contributed by atoms with E-state index in [2.05, 4.69) is 48.3 Å². The summed E-state index contributed by atoms with van der Waals surface area (Å²) in [6.45, 7) is 9.18. The Kier molecular flexibility index (Phi) is 11.9. The Bertz CT molecular complexity index is 609. The van der Waals surface area contributed by atoms with E-state index < -0.39 is 5.60 Å². The minimum atomic E-state index is -1.04. The molecule has 0 aromatic heterocycles. The normalized spacial score (nSPS) is 11.0. The van der Waals surface area contributed by atoms with Gasteiger partial charge in [0.25, 0.3) is 0 Å². The number of rotatable bonds is 12. The van der Waals surface area contributed by atoms with Crippen LogP contribution in [0, 0.1) is 15.4 Å². The fraction of sp³-hybridized carbons (Fsp3) is 0.652. The smallest absolute Gasteiger partial charge is 0.136 e. The Labute approximate surface area is 179 Å². The minimum absolute atomic E-state index is 0.685. The number of aliphatic hydroxyl groups is 1. The van der Waals surface area contributed by atoms with Crippen molar-refractivity contribution in [1.82, 2.24) is 0 Å². The summed E-state index contributed by atoms with van der Waals surface area (Å²) in [7, 11) is 0. The van der Waals surface area contributed by atoms with Crippen LogP contribution in [0.4, 0.5) is 0 Å². The topological polar surface area (TPSA) is 38.7 Å². The molecule has 0 spiro atoms. The fourth-order valence-electron chi connectivity index (χ4n) is 2.51. The Hall–Kier alpha value is -0.930. The summed E-state index contributed by atoms with van der Waals surface area (Å²) < 4.78 is 13.0. The lowest BCUT2D eigenvalue weighted by Gasteiger charge is -2.14. The quantitative estimate of drug-likeness (QED) is 0.213. The molecule has 0 aliphatic heterocycles. The van der Waals surface area contributed by atoms with Gasteiger partial charge in [-0.05, 0) is 55.3 Å². The van der Waals surface area contributed by atoms with Crippen LogP contribution < -0.4 is 9.47 Å². The molecule has 0 saturated carbocycles. The van der Waals surface area contributed by atoms with Gasteiger partial charge in [0.1, 0.15) is 17.1 Å². The third-order valence-electron chi connectivity index (χ3n) is 4.05. The molecule has 0 saturated heterocycles. The van der Waals surface area contributed by atoms with Crippen LogP contribution >= 0.6 is 22.6 Å². The van der Waals surface area contributed by atoms with Crippen molar-refractivity contribution in [3.8, 4) is 23.3 Å². The van der Waals surface area contributed by atoms with Crippen LogP contribution in [0.25, 0.3) is 0 Å². The Morgan fingerprint density at radius 2 is 1.44 bits per heavy atom. The van der Waals surface area contributed by atoms with Gasteiger partial charge < -0.3 is 14.6 Å². The molecule has 0 amide bonds. The number of benzene rings is 1. The Morgan fingerprint density at radius 1 is 0.889 bits per heavy atom. The molecule has 1 aromatic carbocycles. The summed E-state index contributed by atoms with van der Waals surface area (Å²) >= 11 is 2.29. The second-order valence-corrected chi connectivity index (χ2v) is 8.57. The van der Waals surface area contributed by atoms with Crippen molar-refractivity contribution in [3.05, 3.63) is 21.3 Å². The molecule has 3 nitrogen and oxygen atoms in total. The zero-order valence-corrected chi connectivity index (χ0v) is 19.5. The molecule has 0 fully saturated rings. The van der Waals surface area contributed by atoms with Crippen LogP contribution in [0.1, 0.15) is 84.6 Å². The highest BCUT2D eigenvalue weighted by Gasteiger charge is 2.12. The van der Waals surface area contributed by atoms with Crippen LogP contribution in [0.3, 0.4) is 0 Å². The van der Waals surface area contributed by atoms with Crippen molar-refractivity contribution in [2.24, 2.45) is 0 Å². The van der Waals surface area contributed by atoms with Crippen molar-refractivity contribution in [3.63, 3.8) is 0 Å². The maximum absolute atomic E-state index is 9.94. The van der Waals surface area contributed by atoms with Crippen LogP contribution in [-0.2, 0) is 0 Å². The molecule has 0 aliphatic carbocycles. The molecule has 0 atom stereocenters. The maximum Gasteiger partial charge on any atom is 0.136 e. The van der Waals surface area contributed by atoms with Crippen molar-refractivity contribution < 1.29 is 14.6 Å². The van der Waals surface area contributed by atoms with Crippen molar-refractivity contribution in [1.29, 1.82) is 0 Å². The molecule has 1 aromatic rings. The Balaban J connectivity index is 2.86. The predicted molar refractivity (Wildman–Crippen MR) is 122 cm³/mol. The molecular formula is C23H35IO3. The number of ether oxygens (including phenoxy) is 2. The molecule has 27 heavy (non-hydrogen) atoms. The van der Waals surface area contributed by atoms with E-state index in [4.69, 9.17) is 9.47 Å². The summed E-state index contributed by atoms with van der Waals surface area (Å²) in [4.78, 5) is 0. The lowest BCUT2D eigenvalue weighted by Crippen LogP contribution is -2.14. The van der Waals surface area contributed by atoms with Gasteiger partial charge in [0, 0.05) is 6.07 Å². The number of hydrogen-bond acceptors (Lipinski definition) is 3. The van der Waals surface area contributed by atoms with E-state index >= 15 is 0 Å². The third-order valence-corrected chi connectivity index (χ3v) is 4.89. The van der Waals surface area contributed by atoms with Gasteiger partial charge in [-0.15, -0.1) is 0 Å². The van der Waals surface area contributed by atoms with Gasteiger partial charge in [-0.2, -0.15) is 0 Å². The summed E-state index contributed by atoms with van der Waals surface area (Å²) in [6, 6.07) is 3.94. The molecule has 1 rings (SSSR count). The summed E-state index contributed by atoms with van der Waals surface area (Å²) in [5.41, 5.74) is -0.265. The largest absolute Gasteiger partial charge is 0.492 e. The minimum Gasteiger partial charge on any atom is -0.492 e. The van der Waals surface area contributed by atoms with Gasteiger partial charge in [0.15, 0.2) is 0 Å². The first-order chi connectivity index (χ1) is 12.9. The average Bonchev–Trinajstić information content (AvgIpc) is 2.61. The van der Waals surface area contributed by atoms with E-state index in [-0.39, 0.29) is 0 Å². The first-order valence-electron chi connectivity index (χ1n) is 10.2. The molecule has 1 N–H and O–H groups in total. The van der Waals surface area contributed by atoms with Gasteiger partial charge in [-0.1, -0.05) is 64.2 Å². The Morgan fingerprint density at radius 3 is 1.96 bits per heavy atom. The lowest BCUT2D eigenvalue weighted by atomic mass is 10.1. The van der Waals surface area contributed by atoms with Crippen LogP contribution in [-0.4, -0.2) is 23.9 Å². The van der Waals surface area contributed by atoms with Gasteiger partial charge >= 0.3 is 0 Å². The summed E-state index contributed by atoms with van der Waals surface area (Å²) in [5.74, 6) is 7.57. The SMILES string of the molecule is CCCCCCOc1cc(C#CC(C)(C)O)c(OCCCCCC)cc1I. The van der Waals surface area contributed by atoms with E-state index in [1.54, 1.807) is 13.8 Å². The lowest BCUT2D eigenvalue weighted by molar-refractivity contribution is 0.143. The van der Waals surface area contributed by atoms with E-state index in [1.165, 1.54) is 38.5 Å². The van der Waals surface area contributed by atoms with Crippen molar-refractivity contribution in [2.75, 3.05) is 13.2 Å². The van der Waals surface area contributed by atoms with Gasteiger partial charge in [-0.3, -0.25) is 0 Å². The molecule has 0 bridgehead atoms. The van der Waals surface area contributed by atoms with Gasteiger partial charge in [-0.25, -0.2) is 0 Å². The van der Waals surface area contributed by atoms with Crippen LogP contribution in [0.5, 0.6) is 11.5 Å². The van der Waals surface area contributed by atoms with E-state index in [0.717, 1.165) is 33.5 Å². The zero-order chi connectivity index (χ0) is 20.1. The van der Waals surface area contributed by atoms with Crippen LogP contribution in [0.15, 0.2) is 12.1 Å². The van der Waals surface area contributed by atoms with E-state index in [1.807, 2.05) is 12.1 Å². The summed E-state index contributed by atoms with van der Waals surface area (Å²) in [5, 5.41) is 9.94. The standard InChI is InChI=1S/C23H35IO3/c1-5-7-9-11-15-26-21-18-20(24)22(27-16-12-10-8-6-2)17-19(21)13-14-23(3,4)25/h17-18,25H,5-12,15-16H2,1-4H3. The molecule has 0 aliphatic rings. The van der Waals surface area contributed by atoms with Crippen LogP contribution in [0.2, 0.25) is 0 Å². The van der Waals surface area contributed by atoms with Gasteiger partial charge in [0.2, 0.25) is 0 Å². The zero-order valence-electron chi connectivity index (χ0n) is 17.4. The molecule has 0 radical (unpaired) electrons. The first kappa shape index (κ1) is 24.1. The number of unbranched alkanes of at least 4 members (excludes halogenated alkanes) is 6. The highest BCUT2D eigenvalue weighted by Crippen LogP contribution is 2.30. The van der Waals surface area contributed by atoms with Gasteiger partial charge in [0.05, 0.1) is 22.3 Å². The first-order valence-corrected chi connectivity index (χ1v) is 11.3. The van der Waals surface area contributed by atoms with E-state index in [0.29, 0.717) is 13.2 Å². The molecule has 152 valence electrons. The molecular weight excluding hydrogens is 451 g/mol. The third kappa shape index (κ3) is 10.8. The fourth-order valence-corrected chi connectivity index (χ4v) is 3.10.